The molecule has 5 nitrogen and oxygen atoms in total. The third kappa shape index (κ3) is 4.99. The van der Waals surface area contributed by atoms with Crippen LogP contribution in [0.4, 0.5) is 0 Å². The molecule has 0 atom stereocenters. The first-order chi connectivity index (χ1) is 8.15. The van der Waals surface area contributed by atoms with E-state index in [9.17, 15) is 4.79 Å². The Kier molecular flexibility index (Phi) is 6.17. The van der Waals surface area contributed by atoms with Crippen molar-refractivity contribution >= 4 is 35.8 Å². The van der Waals surface area contributed by atoms with Gasteiger partial charge in [-0.2, -0.15) is 0 Å². The summed E-state index contributed by atoms with van der Waals surface area (Å²) < 4.78 is 0. The number of carbonyl (C=O) groups is 1. The van der Waals surface area contributed by atoms with Crippen LogP contribution in [0.3, 0.4) is 0 Å². The molecule has 0 aromatic rings. The van der Waals surface area contributed by atoms with Crippen LogP contribution in [-0.4, -0.2) is 42.4 Å². The summed E-state index contributed by atoms with van der Waals surface area (Å²) in [6.45, 7) is 4.16. The standard InChI is InChI=1S/C12H22N4O.HI/c1-9(17)16-6-4-10(5-7-16)8-14-12(13)15-11-2-3-11;/h10-11H,2-8H2,1H3,(H3,13,14,15);1H. The van der Waals surface area contributed by atoms with Crippen molar-refractivity contribution in [3.63, 3.8) is 0 Å². The first-order valence-electron chi connectivity index (χ1n) is 6.47. The molecule has 0 spiro atoms. The van der Waals surface area contributed by atoms with Crippen LogP contribution >= 0.6 is 24.0 Å². The van der Waals surface area contributed by atoms with Crippen LogP contribution in [0, 0.1) is 5.92 Å². The van der Waals surface area contributed by atoms with Crippen molar-refractivity contribution in [2.45, 2.75) is 38.6 Å². The zero-order valence-corrected chi connectivity index (χ0v) is 13.2. The van der Waals surface area contributed by atoms with Crippen molar-refractivity contribution < 1.29 is 4.79 Å². The van der Waals surface area contributed by atoms with Gasteiger partial charge in [-0.25, -0.2) is 0 Å². The van der Waals surface area contributed by atoms with Crippen LogP contribution in [0.15, 0.2) is 4.99 Å². The van der Waals surface area contributed by atoms with E-state index >= 15 is 0 Å². The van der Waals surface area contributed by atoms with E-state index in [4.69, 9.17) is 5.73 Å². The predicted molar refractivity (Wildman–Crippen MR) is 83.0 cm³/mol. The maximum atomic E-state index is 11.2. The van der Waals surface area contributed by atoms with Crippen molar-refractivity contribution in [1.82, 2.24) is 10.2 Å². The minimum atomic E-state index is 0. The number of guanidine groups is 1. The number of nitrogens with zero attached hydrogens (tertiary/aromatic N) is 2. The Morgan fingerprint density at radius 2 is 1.94 bits per heavy atom. The molecule has 0 aromatic carbocycles. The summed E-state index contributed by atoms with van der Waals surface area (Å²) >= 11 is 0. The fraction of sp³-hybridized carbons (Fsp3) is 0.833. The van der Waals surface area contributed by atoms with Crippen molar-refractivity contribution in [2.24, 2.45) is 16.6 Å². The molecule has 104 valence electrons. The lowest BCUT2D eigenvalue weighted by atomic mass is 9.97. The molecule has 0 bridgehead atoms. The van der Waals surface area contributed by atoms with Crippen molar-refractivity contribution in [2.75, 3.05) is 19.6 Å². The number of likely N-dealkylation sites (tertiary alicyclic amines) is 1. The molecule has 2 fully saturated rings. The van der Waals surface area contributed by atoms with E-state index in [1.165, 1.54) is 12.8 Å². The first-order valence-corrected chi connectivity index (χ1v) is 6.47. The van der Waals surface area contributed by atoms with Crippen LogP contribution < -0.4 is 11.1 Å². The SMILES string of the molecule is CC(=O)N1CCC(CN=C(N)NC2CC2)CC1.I. The third-order valence-electron chi connectivity index (χ3n) is 3.51. The van der Waals surface area contributed by atoms with Crippen LogP contribution in [-0.2, 0) is 4.79 Å². The Hall–Kier alpha value is -0.530. The highest BCUT2D eigenvalue weighted by molar-refractivity contribution is 14.0. The van der Waals surface area contributed by atoms with Crippen molar-refractivity contribution in [3.8, 4) is 0 Å². The molecule has 18 heavy (non-hydrogen) atoms. The Morgan fingerprint density at radius 3 is 2.44 bits per heavy atom. The molecule has 1 saturated carbocycles. The van der Waals surface area contributed by atoms with E-state index in [0.29, 0.717) is 17.9 Å². The minimum Gasteiger partial charge on any atom is -0.370 e. The molecule has 1 aliphatic heterocycles. The minimum absolute atomic E-state index is 0. The van der Waals surface area contributed by atoms with E-state index < -0.39 is 0 Å². The first kappa shape index (κ1) is 15.5. The van der Waals surface area contributed by atoms with Gasteiger partial charge >= 0.3 is 0 Å². The molecule has 2 aliphatic rings. The van der Waals surface area contributed by atoms with Crippen molar-refractivity contribution in [1.29, 1.82) is 0 Å². The van der Waals surface area contributed by atoms with E-state index in [0.717, 1.165) is 32.5 Å². The van der Waals surface area contributed by atoms with Gasteiger partial charge in [0.2, 0.25) is 5.91 Å². The molecular formula is C12H23IN4O. The number of aliphatic imine (C=N–C) groups is 1. The highest BCUT2D eigenvalue weighted by atomic mass is 127. The highest BCUT2D eigenvalue weighted by Crippen LogP contribution is 2.19. The van der Waals surface area contributed by atoms with E-state index in [1.54, 1.807) is 6.92 Å². The fourth-order valence-corrected chi connectivity index (χ4v) is 2.14. The van der Waals surface area contributed by atoms with Gasteiger partial charge in [0.1, 0.15) is 0 Å². The van der Waals surface area contributed by atoms with Crippen LogP contribution in [0.2, 0.25) is 0 Å². The van der Waals surface area contributed by atoms with Gasteiger partial charge in [-0.1, -0.05) is 0 Å². The van der Waals surface area contributed by atoms with Gasteiger partial charge in [0.15, 0.2) is 5.96 Å². The summed E-state index contributed by atoms with van der Waals surface area (Å²) in [5.74, 6) is 1.34. The molecular weight excluding hydrogens is 343 g/mol. The summed E-state index contributed by atoms with van der Waals surface area (Å²) in [5.41, 5.74) is 5.78. The van der Waals surface area contributed by atoms with Gasteiger partial charge in [0, 0.05) is 32.6 Å². The second-order valence-corrected chi connectivity index (χ2v) is 5.09. The Morgan fingerprint density at radius 1 is 1.33 bits per heavy atom. The molecule has 2 rings (SSSR count). The summed E-state index contributed by atoms with van der Waals surface area (Å²) in [6, 6.07) is 0.568. The molecule has 3 N–H and O–H groups in total. The number of rotatable bonds is 3. The molecule has 1 saturated heterocycles. The van der Waals surface area contributed by atoms with Gasteiger partial charge in [0.25, 0.3) is 0 Å². The topological polar surface area (TPSA) is 70.7 Å². The molecule has 1 amide bonds. The Labute approximate surface area is 126 Å². The monoisotopic (exact) mass is 366 g/mol. The van der Waals surface area contributed by atoms with Gasteiger partial charge in [-0.15, -0.1) is 24.0 Å². The lowest BCUT2D eigenvalue weighted by Crippen LogP contribution is -2.38. The summed E-state index contributed by atoms with van der Waals surface area (Å²) in [7, 11) is 0. The van der Waals surface area contributed by atoms with Gasteiger partial charge in [-0.05, 0) is 31.6 Å². The second kappa shape index (κ2) is 7.16. The van der Waals surface area contributed by atoms with Crippen molar-refractivity contribution in [3.05, 3.63) is 0 Å². The zero-order valence-electron chi connectivity index (χ0n) is 10.9. The maximum absolute atomic E-state index is 11.2. The normalized spacial score (nSPS) is 21.4. The van der Waals surface area contributed by atoms with Crippen LogP contribution in [0.5, 0.6) is 0 Å². The predicted octanol–water partition coefficient (Wildman–Crippen LogP) is 0.930. The van der Waals surface area contributed by atoms with Gasteiger partial charge in [0.05, 0.1) is 0 Å². The average molecular weight is 366 g/mol. The number of hydrogen-bond acceptors (Lipinski definition) is 2. The van der Waals surface area contributed by atoms with E-state index in [2.05, 4.69) is 10.3 Å². The summed E-state index contributed by atoms with van der Waals surface area (Å²) in [4.78, 5) is 17.5. The summed E-state index contributed by atoms with van der Waals surface area (Å²) in [5, 5.41) is 3.18. The lowest BCUT2D eigenvalue weighted by Gasteiger charge is -2.30. The molecule has 6 heteroatoms. The maximum Gasteiger partial charge on any atom is 0.219 e. The van der Waals surface area contributed by atoms with Gasteiger partial charge < -0.3 is 16.0 Å². The summed E-state index contributed by atoms with van der Waals surface area (Å²) in [6.07, 6.45) is 4.51. The highest BCUT2D eigenvalue weighted by Gasteiger charge is 2.22. The quantitative estimate of drug-likeness (QED) is 0.444. The molecule has 1 heterocycles. The number of amides is 1. The number of nitrogens with two attached hydrogens (primary N) is 1. The number of hydrogen-bond donors (Lipinski definition) is 2. The molecule has 0 aromatic heterocycles. The Balaban J connectivity index is 0.00000162. The second-order valence-electron chi connectivity index (χ2n) is 5.09. The smallest absolute Gasteiger partial charge is 0.219 e. The number of carbonyl (C=O) groups excluding carboxylic acids is 1. The van der Waals surface area contributed by atoms with E-state index in [1.807, 2.05) is 4.90 Å². The molecule has 0 radical (unpaired) electrons. The largest absolute Gasteiger partial charge is 0.370 e. The fourth-order valence-electron chi connectivity index (χ4n) is 2.14. The number of halogens is 1. The molecule has 1 aliphatic carbocycles. The zero-order chi connectivity index (χ0) is 12.3. The lowest BCUT2D eigenvalue weighted by molar-refractivity contribution is -0.130. The molecule has 0 unspecified atom stereocenters. The number of nitrogens with one attached hydrogen (secondary N) is 1. The average Bonchev–Trinajstić information content (AvgIpc) is 3.11. The van der Waals surface area contributed by atoms with Gasteiger partial charge in [-0.3, -0.25) is 9.79 Å². The Bertz CT molecular complexity index is 309. The van der Waals surface area contributed by atoms with Crippen LogP contribution in [0.1, 0.15) is 32.6 Å². The van der Waals surface area contributed by atoms with Crippen LogP contribution in [0.25, 0.3) is 0 Å². The number of piperidine rings is 1. The third-order valence-corrected chi connectivity index (χ3v) is 3.51. The van der Waals surface area contributed by atoms with E-state index in [-0.39, 0.29) is 29.9 Å².